The zero-order valence-corrected chi connectivity index (χ0v) is 35.1. The molecule has 298 valence electrons. The molecule has 0 radical (unpaired) electrons. The van der Waals surface area contributed by atoms with Crippen molar-refractivity contribution in [2.75, 3.05) is 4.90 Å². The number of nitrogens with zero attached hydrogens (tertiary/aromatic N) is 1. The van der Waals surface area contributed by atoms with Crippen LogP contribution in [0, 0.1) is 0 Å². The summed E-state index contributed by atoms with van der Waals surface area (Å²) < 4.78 is 0. The number of anilines is 3. The fourth-order valence-electron chi connectivity index (χ4n) is 11.2. The Morgan fingerprint density at radius 2 is 0.672 bits per heavy atom. The molecule has 2 aliphatic carbocycles. The summed E-state index contributed by atoms with van der Waals surface area (Å²) in [6, 6.07) is 92.2. The van der Waals surface area contributed by atoms with E-state index in [2.05, 4.69) is 254 Å². The molecule has 0 atom stereocenters. The summed E-state index contributed by atoms with van der Waals surface area (Å²) >= 11 is 0. The predicted octanol–water partition coefficient (Wildman–Crippen LogP) is 16.8. The monoisotopic (exact) mass is 811 g/mol. The Morgan fingerprint density at radius 1 is 0.250 bits per heavy atom. The maximum absolute atomic E-state index is 2.55. The van der Waals surface area contributed by atoms with Crippen molar-refractivity contribution < 1.29 is 0 Å². The molecule has 11 aromatic rings. The van der Waals surface area contributed by atoms with Gasteiger partial charge in [-0.1, -0.05) is 218 Å². The van der Waals surface area contributed by atoms with E-state index in [-0.39, 0.29) is 0 Å². The topological polar surface area (TPSA) is 3.24 Å². The number of rotatable bonds is 6. The molecule has 0 fully saturated rings. The highest BCUT2D eigenvalue weighted by atomic mass is 15.1. The minimum atomic E-state index is -0.470. The molecule has 2 aliphatic rings. The van der Waals surface area contributed by atoms with Gasteiger partial charge in [-0.25, -0.2) is 0 Å². The van der Waals surface area contributed by atoms with Gasteiger partial charge in [0.2, 0.25) is 0 Å². The molecule has 0 aliphatic heterocycles. The second-order valence-corrected chi connectivity index (χ2v) is 17.1. The van der Waals surface area contributed by atoms with Gasteiger partial charge < -0.3 is 4.90 Å². The van der Waals surface area contributed by atoms with E-state index < -0.39 is 5.41 Å². The lowest BCUT2D eigenvalue weighted by Crippen LogP contribution is -2.26. The van der Waals surface area contributed by atoms with E-state index >= 15 is 0 Å². The van der Waals surface area contributed by atoms with E-state index in [1.165, 1.54) is 99.4 Å². The summed E-state index contributed by atoms with van der Waals surface area (Å²) in [4.78, 5) is 2.55. The molecule has 0 bridgehead atoms. The molecule has 11 aromatic carbocycles. The highest BCUT2D eigenvalue weighted by Crippen LogP contribution is 2.63. The van der Waals surface area contributed by atoms with Crippen LogP contribution in [0.3, 0.4) is 0 Å². The zero-order chi connectivity index (χ0) is 42.2. The van der Waals surface area contributed by atoms with Crippen LogP contribution in [0.15, 0.2) is 249 Å². The molecule has 0 saturated carbocycles. The van der Waals surface area contributed by atoms with E-state index in [9.17, 15) is 0 Å². The van der Waals surface area contributed by atoms with Crippen molar-refractivity contribution in [1.29, 1.82) is 0 Å². The first kappa shape index (κ1) is 36.4. The lowest BCUT2D eigenvalue weighted by atomic mass is 9.70. The van der Waals surface area contributed by atoms with Crippen molar-refractivity contribution in [3.63, 3.8) is 0 Å². The van der Waals surface area contributed by atoms with Crippen LogP contribution in [0.1, 0.15) is 22.3 Å². The van der Waals surface area contributed by atoms with E-state index in [1.54, 1.807) is 0 Å². The molecule has 0 unspecified atom stereocenters. The quantitative estimate of drug-likeness (QED) is 0.151. The largest absolute Gasteiger partial charge is 0.309 e. The van der Waals surface area contributed by atoms with Crippen LogP contribution in [0.2, 0.25) is 0 Å². The molecular weight excluding hydrogens is 771 g/mol. The van der Waals surface area contributed by atoms with Gasteiger partial charge in [0.25, 0.3) is 0 Å². The summed E-state index contributed by atoms with van der Waals surface area (Å²) in [5.41, 5.74) is 20.6. The van der Waals surface area contributed by atoms with Gasteiger partial charge in [-0.2, -0.15) is 0 Å². The Morgan fingerprint density at radius 3 is 1.27 bits per heavy atom. The summed E-state index contributed by atoms with van der Waals surface area (Å²) in [6.45, 7) is 0. The summed E-state index contributed by atoms with van der Waals surface area (Å²) in [7, 11) is 0. The maximum atomic E-state index is 2.55. The number of benzene rings is 11. The van der Waals surface area contributed by atoms with Gasteiger partial charge in [0.1, 0.15) is 0 Å². The lowest BCUT2D eigenvalue weighted by Gasteiger charge is -2.33. The molecule has 0 saturated heterocycles. The Kier molecular flexibility index (Phi) is 8.20. The van der Waals surface area contributed by atoms with Crippen molar-refractivity contribution in [1.82, 2.24) is 0 Å². The van der Waals surface area contributed by atoms with Crippen molar-refractivity contribution in [2.24, 2.45) is 0 Å². The Balaban J connectivity index is 1.10. The molecule has 0 N–H and O–H groups in total. The van der Waals surface area contributed by atoms with Gasteiger partial charge >= 0.3 is 0 Å². The van der Waals surface area contributed by atoms with Crippen molar-refractivity contribution in [2.45, 2.75) is 5.41 Å². The van der Waals surface area contributed by atoms with Crippen LogP contribution in [0.5, 0.6) is 0 Å². The molecule has 1 spiro atoms. The maximum Gasteiger partial charge on any atom is 0.0726 e. The van der Waals surface area contributed by atoms with Gasteiger partial charge in [0.05, 0.1) is 11.1 Å². The Bertz CT molecular complexity index is 3540. The van der Waals surface area contributed by atoms with Gasteiger partial charge in [0, 0.05) is 22.3 Å². The van der Waals surface area contributed by atoms with E-state index in [4.69, 9.17) is 0 Å². The van der Waals surface area contributed by atoms with Crippen molar-refractivity contribution in [3.05, 3.63) is 271 Å². The minimum Gasteiger partial charge on any atom is -0.309 e. The predicted molar refractivity (Wildman–Crippen MR) is 269 cm³/mol. The second-order valence-electron chi connectivity index (χ2n) is 17.1. The Labute approximate surface area is 373 Å². The fraction of sp³-hybridized carbons (Fsp3) is 0.0159. The first-order valence-corrected chi connectivity index (χ1v) is 22.3. The van der Waals surface area contributed by atoms with Crippen LogP contribution < -0.4 is 4.90 Å². The first-order valence-electron chi connectivity index (χ1n) is 22.3. The number of hydrogen-bond acceptors (Lipinski definition) is 1. The van der Waals surface area contributed by atoms with E-state index in [1.807, 2.05) is 0 Å². The molecular formula is C63H41N. The number of hydrogen-bond donors (Lipinski definition) is 0. The molecule has 1 heteroatoms. The van der Waals surface area contributed by atoms with Crippen LogP contribution in [0.4, 0.5) is 17.1 Å². The SMILES string of the molecule is c1ccc(-c2cccc(-c3ccc(N(c4ccc5c(c4)C4(c6ccccc6-c6ccccc64)c4ccccc4-5)c4c(-c5ccccc5)c5ccccc5c5ccccc45)cc3)c2)cc1. The van der Waals surface area contributed by atoms with Gasteiger partial charge in [-0.05, 0) is 119 Å². The molecule has 0 aromatic heterocycles. The van der Waals surface area contributed by atoms with Crippen LogP contribution in [0.25, 0.3) is 77.2 Å². The third-order valence-corrected chi connectivity index (χ3v) is 13.9. The van der Waals surface area contributed by atoms with Crippen LogP contribution in [-0.4, -0.2) is 0 Å². The molecule has 1 nitrogen and oxygen atoms in total. The third-order valence-electron chi connectivity index (χ3n) is 13.9. The summed E-state index contributed by atoms with van der Waals surface area (Å²) in [5, 5.41) is 4.91. The summed E-state index contributed by atoms with van der Waals surface area (Å²) in [5.74, 6) is 0. The average molecular weight is 812 g/mol. The minimum absolute atomic E-state index is 0.470. The lowest BCUT2D eigenvalue weighted by molar-refractivity contribution is 0.793. The molecule has 64 heavy (non-hydrogen) atoms. The zero-order valence-electron chi connectivity index (χ0n) is 35.1. The fourth-order valence-corrected chi connectivity index (χ4v) is 11.2. The molecule has 0 amide bonds. The standard InChI is InChI=1S/C63H41N/c1-3-18-42(19-4-1)45-22-17-23-46(40-45)43-34-36-47(37-35-43)64(62-56-30-10-8-25-50(56)49-24-7-9-29-55(49)61(62)44-20-5-2-6-21-44)48-38-39-54-53-28-13-16-33-59(53)63(60(54)41-48)57-31-14-11-26-51(57)52-27-12-15-32-58(52)63/h1-41H. The van der Waals surface area contributed by atoms with Gasteiger partial charge in [-0.3, -0.25) is 0 Å². The molecule has 0 heterocycles. The number of fused-ring (bicyclic) bond motifs is 13. The van der Waals surface area contributed by atoms with Gasteiger partial charge in [-0.15, -0.1) is 0 Å². The van der Waals surface area contributed by atoms with Gasteiger partial charge in [0.15, 0.2) is 0 Å². The second kappa shape index (κ2) is 14.4. The van der Waals surface area contributed by atoms with Crippen LogP contribution in [-0.2, 0) is 5.41 Å². The molecule has 13 rings (SSSR count). The first-order chi connectivity index (χ1) is 31.8. The van der Waals surface area contributed by atoms with E-state index in [0.29, 0.717) is 0 Å². The van der Waals surface area contributed by atoms with Crippen LogP contribution >= 0.6 is 0 Å². The highest BCUT2D eigenvalue weighted by Gasteiger charge is 2.51. The van der Waals surface area contributed by atoms with Crippen molar-refractivity contribution in [3.8, 4) is 55.6 Å². The average Bonchev–Trinajstić information content (AvgIpc) is 3.84. The van der Waals surface area contributed by atoms with E-state index in [0.717, 1.165) is 17.1 Å². The van der Waals surface area contributed by atoms with Crippen molar-refractivity contribution >= 4 is 38.6 Å². The normalized spacial score (nSPS) is 12.8. The third kappa shape index (κ3) is 5.31. The highest BCUT2D eigenvalue weighted by molar-refractivity contribution is 6.22. The smallest absolute Gasteiger partial charge is 0.0726 e. The Hall–Kier alpha value is -8.26. The summed E-state index contributed by atoms with van der Waals surface area (Å²) in [6.07, 6.45) is 0.